The van der Waals surface area contributed by atoms with Crippen LogP contribution in [-0.2, 0) is 0 Å². The molecule has 0 spiro atoms. The van der Waals surface area contributed by atoms with Gasteiger partial charge in [0.2, 0.25) is 0 Å². The second kappa shape index (κ2) is 6.28. The Bertz CT molecular complexity index is 1020. The van der Waals surface area contributed by atoms with Crippen molar-refractivity contribution in [1.29, 1.82) is 0 Å². The number of carboxylic acid groups (broad SMARTS) is 1. The number of rotatable bonds is 3. The molecule has 0 saturated carbocycles. The molecule has 0 fully saturated rings. The highest BCUT2D eigenvalue weighted by molar-refractivity contribution is 5.99. The molecule has 0 amide bonds. The number of benzene rings is 2. The zero-order chi connectivity index (χ0) is 18.1. The Hall–Kier alpha value is -3.34. The Kier molecular flexibility index (Phi) is 4.15. The average Bonchev–Trinajstić information content (AvgIpc) is 2.55. The van der Waals surface area contributed by atoms with Crippen LogP contribution in [0.15, 0.2) is 57.4 Å². The van der Waals surface area contributed by atoms with Crippen LogP contribution in [0.1, 0.15) is 28.6 Å². The topological polar surface area (TPSA) is 87.7 Å². The summed E-state index contributed by atoms with van der Waals surface area (Å²) in [6, 6.07) is 11.1. The van der Waals surface area contributed by atoms with E-state index in [2.05, 4.69) is 0 Å². The van der Waals surface area contributed by atoms with Crippen molar-refractivity contribution in [2.75, 3.05) is 0 Å². The van der Waals surface area contributed by atoms with Crippen LogP contribution in [0, 0.1) is 6.92 Å². The molecule has 0 aromatic heterocycles. The molecule has 0 saturated heterocycles. The van der Waals surface area contributed by atoms with E-state index in [-0.39, 0.29) is 16.8 Å². The molecule has 5 heteroatoms. The largest absolute Gasteiger partial charge is 0.512 e. The van der Waals surface area contributed by atoms with Crippen molar-refractivity contribution in [3.8, 4) is 22.5 Å². The first kappa shape index (κ1) is 16.5. The molecule has 1 aromatic rings. The SMILES string of the molecule is CC(O)=Cc1oc2cc(=O)ccc-2c(-c2ccccc2C(=O)O)c1C. The van der Waals surface area contributed by atoms with Gasteiger partial charge < -0.3 is 14.6 Å². The van der Waals surface area contributed by atoms with E-state index in [0.29, 0.717) is 33.8 Å². The van der Waals surface area contributed by atoms with Gasteiger partial charge in [0.15, 0.2) is 5.43 Å². The summed E-state index contributed by atoms with van der Waals surface area (Å²) in [5.74, 6) is -0.296. The Morgan fingerprint density at radius 1 is 1.08 bits per heavy atom. The lowest BCUT2D eigenvalue weighted by atomic mass is 9.90. The maximum atomic E-state index is 11.7. The van der Waals surface area contributed by atoms with E-state index in [1.54, 1.807) is 31.2 Å². The van der Waals surface area contributed by atoms with Crippen LogP contribution in [0.25, 0.3) is 28.5 Å². The van der Waals surface area contributed by atoms with Crippen LogP contribution in [0.3, 0.4) is 0 Å². The van der Waals surface area contributed by atoms with Crippen molar-refractivity contribution in [3.05, 3.63) is 75.3 Å². The minimum Gasteiger partial charge on any atom is -0.512 e. The molecule has 126 valence electrons. The molecule has 5 nitrogen and oxygen atoms in total. The minimum atomic E-state index is -1.04. The van der Waals surface area contributed by atoms with Crippen molar-refractivity contribution < 1.29 is 19.4 Å². The van der Waals surface area contributed by atoms with Crippen molar-refractivity contribution >= 4 is 12.0 Å². The molecule has 1 aliphatic heterocycles. The average molecular weight is 336 g/mol. The first-order chi connectivity index (χ1) is 11.9. The van der Waals surface area contributed by atoms with Gasteiger partial charge in [0, 0.05) is 28.8 Å². The fraction of sp³-hybridized carbons (Fsp3) is 0.100. The number of hydrogen-bond donors (Lipinski definition) is 2. The van der Waals surface area contributed by atoms with E-state index in [9.17, 15) is 19.8 Å². The van der Waals surface area contributed by atoms with Gasteiger partial charge in [-0.3, -0.25) is 4.79 Å². The van der Waals surface area contributed by atoms with Gasteiger partial charge in [0.05, 0.1) is 11.3 Å². The van der Waals surface area contributed by atoms with E-state index in [1.165, 1.54) is 31.2 Å². The van der Waals surface area contributed by atoms with Crippen molar-refractivity contribution in [2.45, 2.75) is 13.8 Å². The highest BCUT2D eigenvalue weighted by atomic mass is 16.4. The molecule has 2 aliphatic rings. The van der Waals surface area contributed by atoms with Gasteiger partial charge in [0.25, 0.3) is 0 Å². The second-order valence-corrected chi connectivity index (χ2v) is 5.76. The summed E-state index contributed by atoms with van der Waals surface area (Å²) < 4.78 is 5.76. The van der Waals surface area contributed by atoms with Crippen LogP contribution in [0.2, 0.25) is 0 Å². The lowest BCUT2D eigenvalue weighted by Gasteiger charge is -2.18. The molecule has 1 aliphatic carbocycles. The third kappa shape index (κ3) is 3.04. The van der Waals surface area contributed by atoms with E-state index in [1.807, 2.05) is 0 Å². The van der Waals surface area contributed by atoms with Crippen molar-refractivity contribution in [2.24, 2.45) is 0 Å². The number of aromatic carboxylic acids is 1. The Balaban J connectivity index is 2.46. The van der Waals surface area contributed by atoms with E-state index >= 15 is 0 Å². The van der Waals surface area contributed by atoms with Crippen LogP contribution < -0.4 is 5.43 Å². The van der Waals surface area contributed by atoms with E-state index in [0.717, 1.165) is 0 Å². The summed E-state index contributed by atoms with van der Waals surface area (Å²) >= 11 is 0. The third-order valence-corrected chi connectivity index (χ3v) is 3.95. The highest BCUT2D eigenvalue weighted by Crippen LogP contribution is 2.39. The number of fused-ring (bicyclic) bond motifs is 1. The molecule has 3 rings (SSSR count). The van der Waals surface area contributed by atoms with Crippen LogP contribution in [0.4, 0.5) is 0 Å². The summed E-state index contributed by atoms with van der Waals surface area (Å²) in [5, 5.41) is 19.1. The smallest absolute Gasteiger partial charge is 0.336 e. The molecule has 0 unspecified atom stereocenters. The lowest BCUT2D eigenvalue weighted by molar-refractivity contribution is 0.0697. The Morgan fingerprint density at radius 3 is 2.48 bits per heavy atom. The zero-order valence-corrected chi connectivity index (χ0v) is 13.7. The third-order valence-electron chi connectivity index (χ3n) is 3.95. The van der Waals surface area contributed by atoms with Gasteiger partial charge in [-0.25, -0.2) is 4.79 Å². The van der Waals surface area contributed by atoms with Gasteiger partial charge in [-0.1, -0.05) is 18.2 Å². The number of aliphatic hydroxyl groups excluding tert-OH is 1. The quantitative estimate of drug-likeness (QED) is 0.695. The lowest BCUT2D eigenvalue weighted by Crippen LogP contribution is -2.05. The van der Waals surface area contributed by atoms with Crippen LogP contribution in [-0.4, -0.2) is 16.2 Å². The normalized spacial score (nSPS) is 11.7. The van der Waals surface area contributed by atoms with Crippen molar-refractivity contribution in [1.82, 2.24) is 0 Å². The Labute approximate surface area is 143 Å². The molecule has 0 radical (unpaired) electrons. The fourth-order valence-corrected chi connectivity index (χ4v) is 2.88. The molecule has 1 heterocycles. The first-order valence-electron chi connectivity index (χ1n) is 7.66. The van der Waals surface area contributed by atoms with Gasteiger partial charge in [-0.05, 0) is 37.6 Å². The number of carboxylic acids is 1. The van der Waals surface area contributed by atoms with Gasteiger partial charge in [0.1, 0.15) is 11.5 Å². The van der Waals surface area contributed by atoms with Crippen LogP contribution in [0.5, 0.6) is 0 Å². The molecule has 0 bridgehead atoms. The molecule has 25 heavy (non-hydrogen) atoms. The number of allylic oxidation sites excluding steroid dienone is 1. The van der Waals surface area contributed by atoms with Crippen molar-refractivity contribution in [3.63, 3.8) is 0 Å². The predicted octanol–water partition coefficient (Wildman–Crippen LogP) is 4.34. The molecule has 1 aromatic carbocycles. The van der Waals surface area contributed by atoms with E-state index < -0.39 is 5.97 Å². The second-order valence-electron chi connectivity index (χ2n) is 5.76. The number of carbonyl (C=O) groups is 1. The number of hydrogen-bond acceptors (Lipinski definition) is 4. The maximum Gasteiger partial charge on any atom is 0.336 e. The summed E-state index contributed by atoms with van der Waals surface area (Å²) in [5.41, 5.74) is 2.43. The minimum absolute atomic E-state index is 0.0435. The van der Waals surface area contributed by atoms with Crippen LogP contribution >= 0.6 is 0 Å². The highest BCUT2D eigenvalue weighted by Gasteiger charge is 2.22. The number of aliphatic hydroxyl groups is 1. The van der Waals surface area contributed by atoms with E-state index in [4.69, 9.17) is 4.42 Å². The summed E-state index contributed by atoms with van der Waals surface area (Å²) in [4.78, 5) is 23.3. The van der Waals surface area contributed by atoms with Gasteiger partial charge >= 0.3 is 5.97 Å². The summed E-state index contributed by atoms with van der Waals surface area (Å²) in [6.07, 6.45) is 1.44. The summed E-state index contributed by atoms with van der Waals surface area (Å²) in [6.45, 7) is 3.30. The molecule has 0 atom stereocenters. The fourth-order valence-electron chi connectivity index (χ4n) is 2.88. The van der Waals surface area contributed by atoms with Gasteiger partial charge in [-0.2, -0.15) is 0 Å². The first-order valence-corrected chi connectivity index (χ1v) is 7.66. The van der Waals surface area contributed by atoms with Gasteiger partial charge in [-0.15, -0.1) is 0 Å². The molecular weight excluding hydrogens is 320 g/mol. The maximum absolute atomic E-state index is 11.7. The zero-order valence-electron chi connectivity index (χ0n) is 13.7. The Morgan fingerprint density at radius 2 is 1.80 bits per heavy atom. The molecule has 2 N–H and O–H groups in total. The summed E-state index contributed by atoms with van der Waals surface area (Å²) in [7, 11) is 0. The standard InChI is InChI=1S/C20H16O5/c1-11(21)9-17-12(2)19(14-5-3-4-6-15(14)20(23)24)16-8-7-13(22)10-18(16)25-17/h3-10,21H,1-2H3,(H,23,24). The monoisotopic (exact) mass is 336 g/mol. The molecular formula is C20H16O5. The predicted molar refractivity (Wildman–Crippen MR) is 95.0 cm³/mol.